The predicted octanol–water partition coefficient (Wildman–Crippen LogP) is 3.77. The second-order valence-corrected chi connectivity index (χ2v) is 7.70. The second-order valence-electron chi connectivity index (χ2n) is 7.70. The topological polar surface area (TPSA) is 36.9 Å². The maximum Gasteiger partial charge on any atom is 0.193 e. The van der Waals surface area contributed by atoms with Gasteiger partial charge in [0.25, 0.3) is 0 Å². The molecule has 0 bridgehead atoms. The fraction of sp³-hybridized carbons (Fsp3) is 0.667. The fourth-order valence-corrected chi connectivity index (χ4v) is 3.95. The van der Waals surface area contributed by atoms with Crippen molar-refractivity contribution < 1.29 is 4.74 Å². The van der Waals surface area contributed by atoms with E-state index in [0.29, 0.717) is 5.92 Å². The standard InChI is InChI=1S/C21H33N3O/c1-16-6-8-18(9-7-16)20-19(5-4-14-25-20)15-23-21(22-3)24-12-10-17(2)11-13-24/h6-9,17,19-20H,4-5,10-15H2,1-3H3,(H,22,23). The van der Waals surface area contributed by atoms with Crippen molar-refractivity contribution in [2.24, 2.45) is 16.8 Å². The van der Waals surface area contributed by atoms with Crippen LogP contribution in [0.1, 0.15) is 49.8 Å². The molecule has 2 aliphatic rings. The van der Waals surface area contributed by atoms with Crippen LogP contribution in [0.25, 0.3) is 0 Å². The van der Waals surface area contributed by atoms with E-state index >= 15 is 0 Å². The van der Waals surface area contributed by atoms with Gasteiger partial charge in [0, 0.05) is 39.2 Å². The second kappa shape index (κ2) is 8.70. The van der Waals surface area contributed by atoms with Crippen LogP contribution in [0, 0.1) is 18.8 Å². The molecule has 0 aromatic heterocycles. The largest absolute Gasteiger partial charge is 0.373 e. The number of guanidine groups is 1. The van der Waals surface area contributed by atoms with Crippen molar-refractivity contribution in [3.05, 3.63) is 35.4 Å². The van der Waals surface area contributed by atoms with E-state index in [0.717, 1.165) is 44.5 Å². The Balaban J connectivity index is 1.60. The lowest BCUT2D eigenvalue weighted by Crippen LogP contribution is -2.47. The van der Waals surface area contributed by atoms with Crippen molar-refractivity contribution in [3.63, 3.8) is 0 Å². The zero-order chi connectivity index (χ0) is 17.6. The zero-order valence-corrected chi connectivity index (χ0v) is 16.0. The van der Waals surface area contributed by atoms with E-state index in [1.165, 1.54) is 30.4 Å². The minimum atomic E-state index is 0.196. The average Bonchev–Trinajstić information content (AvgIpc) is 2.65. The Labute approximate surface area is 152 Å². The highest BCUT2D eigenvalue weighted by atomic mass is 16.5. The first-order chi connectivity index (χ1) is 12.2. The van der Waals surface area contributed by atoms with Crippen molar-refractivity contribution in [1.82, 2.24) is 10.2 Å². The van der Waals surface area contributed by atoms with Crippen LogP contribution in [-0.4, -0.2) is 44.1 Å². The van der Waals surface area contributed by atoms with Gasteiger partial charge in [0.1, 0.15) is 0 Å². The van der Waals surface area contributed by atoms with Gasteiger partial charge in [-0.05, 0) is 44.1 Å². The smallest absolute Gasteiger partial charge is 0.193 e. The molecule has 0 saturated carbocycles. The summed E-state index contributed by atoms with van der Waals surface area (Å²) < 4.78 is 6.15. The number of aliphatic imine (C=N–C) groups is 1. The Morgan fingerprint density at radius 3 is 2.60 bits per heavy atom. The molecule has 0 spiro atoms. The van der Waals surface area contributed by atoms with Gasteiger partial charge in [-0.2, -0.15) is 0 Å². The first-order valence-electron chi connectivity index (χ1n) is 9.81. The lowest BCUT2D eigenvalue weighted by atomic mass is 9.89. The van der Waals surface area contributed by atoms with E-state index in [4.69, 9.17) is 4.74 Å². The quantitative estimate of drug-likeness (QED) is 0.670. The highest BCUT2D eigenvalue weighted by molar-refractivity contribution is 5.79. The number of hydrogen-bond acceptors (Lipinski definition) is 2. The number of benzene rings is 1. The van der Waals surface area contributed by atoms with E-state index in [9.17, 15) is 0 Å². The Morgan fingerprint density at radius 1 is 1.20 bits per heavy atom. The number of rotatable bonds is 3. The molecule has 4 nitrogen and oxygen atoms in total. The van der Waals surface area contributed by atoms with E-state index < -0.39 is 0 Å². The van der Waals surface area contributed by atoms with Crippen LogP contribution in [0.4, 0.5) is 0 Å². The van der Waals surface area contributed by atoms with Crippen molar-refractivity contribution in [1.29, 1.82) is 0 Å². The van der Waals surface area contributed by atoms with Crippen LogP contribution >= 0.6 is 0 Å². The van der Waals surface area contributed by atoms with Gasteiger partial charge in [0.2, 0.25) is 0 Å². The molecule has 3 rings (SSSR count). The molecule has 1 N–H and O–H groups in total. The SMILES string of the molecule is CN=C(NCC1CCCOC1c1ccc(C)cc1)N1CCC(C)CC1. The van der Waals surface area contributed by atoms with Crippen LogP contribution in [0.3, 0.4) is 0 Å². The summed E-state index contributed by atoms with van der Waals surface area (Å²) in [6.07, 6.45) is 5.08. The Kier molecular flexibility index (Phi) is 6.35. The van der Waals surface area contributed by atoms with E-state index in [2.05, 4.69) is 53.3 Å². The van der Waals surface area contributed by atoms with E-state index in [-0.39, 0.29) is 6.10 Å². The van der Waals surface area contributed by atoms with Crippen LogP contribution in [-0.2, 0) is 4.74 Å². The molecule has 2 unspecified atom stereocenters. The Morgan fingerprint density at radius 2 is 1.92 bits per heavy atom. The van der Waals surface area contributed by atoms with Crippen LogP contribution in [0.5, 0.6) is 0 Å². The molecule has 4 heteroatoms. The number of hydrogen-bond donors (Lipinski definition) is 1. The van der Waals surface area contributed by atoms with Crippen LogP contribution in [0.2, 0.25) is 0 Å². The highest BCUT2D eigenvalue weighted by Gasteiger charge is 2.28. The fourth-order valence-electron chi connectivity index (χ4n) is 3.95. The third-order valence-electron chi connectivity index (χ3n) is 5.67. The van der Waals surface area contributed by atoms with Gasteiger partial charge in [-0.25, -0.2) is 0 Å². The third-order valence-corrected chi connectivity index (χ3v) is 5.67. The summed E-state index contributed by atoms with van der Waals surface area (Å²) in [7, 11) is 1.90. The molecule has 1 aromatic rings. The summed E-state index contributed by atoms with van der Waals surface area (Å²) in [5.74, 6) is 2.39. The van der Waals surface area contributed by atoms with Crippen molar-refractivity contribution in [3.8, 4) is 0 Å². The molecule has 0 amide bonds. The summed E-state index contributed by atoms with van der Waals surface area (Å²) in [6, 6.07) is 8.82. The maximum atomic E-state index is 6.15. The summed E-state index contributed by atoms with van der Waals surface area (Å²) in [4.78, 5) is 6.93. The third kappa shape index (κ3) is 4.75. The molecule has 2 fully saturated rings. The number of likely N-dealkylation sites (tertiary alicyclic amines) is 1. The van der Waals surface area contributed by atoms with E-state index in [1.54, 1.807) is 0 Å². The van der Waals surface area contributed by atoms with Gasteiger partial charge < -0.3 is 15.0 Å². The molecular formula is C21H33N3O. The highest BCUT2D eigenvalue weighted by Crippen LogP contribution is 2.33. The first-order valence-corrected chi connectivity index (χ1v) is 9.81. The summed E-state index contributed by atoms with van der Waals surface area (Å²) >= 11 is 0. The molecule has 0 aliphatic carbocycles. The van der Waals surface area contributed by atoms with Crippen molar-refractivity contribution >= 4 is 5.96 Å². The normalized spacial score (nSPS) is 25.9. The van der Waals surface area contributed by atoms with Crippen LogP contribution < -0.4 is 5.32 Å². The number of ether oxygens (including phenoxy) is 1. The maximum absolute atomic E-state index is 6.15. The molecule has 138 valence electrons. The average molecular weight is 344 g/mol. The monoisotopic (exact) mass is 343 g/mol. The lowest BCUT2D eigenvalue weighted by Gasteiger charge is -2.36. The summed E-state index contributed by atoms with van der Waals surface area (Å²) in [5.41, 5.74) is 2.60. The summed E-state index contributed by atoms with van der Waals surface area (Å²) in [5, 5.41) is 3.63. The molecule has 2 atom stereocenters. The number of piperidine rings is 1. The van der Waals surface area contributed by atoms with Crippen molar-refractivity contribution in [2.75, 3.05) is 33.3 Å². The van der Waals surface area contributed by atoms with E-state index in [1.807, 2.05) is 7.05 Å². The zero-order valence-electron chi connectivity index (χ0n) is 16.0. The molecule has 2 heterocycles. The summed E-state index contributed by atoms with van der Waals surface area (Å²) in [6.45, 7) is 8.50. The minimum Gasteiger partial charge on any atom is -0.373 e. The lowest BCUT2D eigenvalue weighted by molar-refractivity contribution is -0.0267. The molecule has 2 aliphatic heterocycles. The van der Waals surface area contributed by atoms with Gasteiger partial charge in [0.05, 0.1) is 6.10 Å². The Bertz CT molecular complexity index is 561. The first kappa shape index (κ1) is 18.2. The molecule has 0 radical (unpaired) electrons. The van der Waals surface area contributed by atoms with Gasteiger partial charge >= 0.3 is 0 Å². The van der Waals surface area contributed by atoms with Crippen molar-refractivity contribution in [2.45, 2.75) is 45.6 Å². The molecular weight excluding hydrogens is 310 g/mol. The molecule has 1 aromatic carbocycles. The molecule has 2 saturated heterocycles. The van der Waals surface area contributed by atoms with Gasteiger partial charge in [0.15, 0.2) is 5.96 Å². The van der Waals surface area contributed by atoms with Gasteiger partial charge in [-0.15, -0.1) is 0 Å². The predicted molar refractivity (Wildman–Crippen MR) is 104 cm³/mol. The van der Waals surface area contributed by atoms with Gasteiger partial charge in [-0.1, -0.05) is 36.8 Å². The van der Waals surface area contributed by atoms with Gasteiger partial charge in [-0.3, -0.25) is 4.99 Å². The Hall–Kier alpha value is -1.55. The number of nitrogens with zero attached hydrogens (tertiary/aromatic N) is 2. The number of aryl methyl sites for hydroxylation is 1. The van der Waals surface area contributed by atoms with Crippen LogP contribution in [0.15, 0.2) is 29.3 Å². The minimum absolute atomic E-state index is 0.196. The number of nitrogens with one attached hydrogen (secondary N) is 1. The molecule has 25 heavy (non-hydrogen) atoms.